The fourth-order valence-electron chi connectivity index (χ4n) is 0.770. The van der Waals surface area contributed by atoms with Crippen molar-refractivity contribution in [1.82, 2.24) is 0 Å². The lowest BCUT2D eigenvalue weighted by atomic mass is 10.4. The van der Waals surface area contributed by atoms with Crippen LogP contribution in [0.25, 0.3) is 0 Å². The van der Waals surface area contributed by atoms with Crippen LogP contribution < -0.4 is 0 Å². The normalized spacial score (nSPS) is 10.4. The van der Waals surface area contributed by atoms with Gasteiger partial charge in [-0.05, 0) is 47.2 Å². The van der Waals surface area contributed by atoms with E-state index in [9.17, 15) is 0 Å². The highest BCUT2D eigenvalue weighted by Gasteiger charge is 1.93. The maximum Gasteiger partial charge on any atom is 0.319 e. The smallest absolute Gasteiger partial charge is 0.319 e. The Kier molecular flexibility index (Phi) is 27.4. The Hall–Kier alpha value is 0.560. The van der Waals surface area contributed by atoms with Crippen molar-refractivity contribution in [1.29, 1.82) is 0 Å². The van der Waals surface area contributed by atoms with Crippen LogP contribution in [0.4, 0.5) is 0 Å². The largest absolute Gasteiger partial charge is 0.325 e. The Bertz CT molecular complexity index is 640. The fraction of sp³-hybridized carbons (Fsp3) is 0. The zero-order valence-electron chi connectivity index (χ0n) is 15.7. The molecule has 32 heavy (non-hydrogen) atoms. The number of hydrogen-bond donors (Lipinski definition) is 12. The summed E-state index contributed by atoms with van der Waals surface area (Å²) in [5.41, 5.74) is 0. The average molecular weight is 612 g/mol. The standard InChI is InChI=1S/2C6H6.4H3O3PS/c2*1-2-4-6-5-3-1;4*1-4(2,3)5/h2*1-6H;4*(H3,1,2,3,5). The minimum absolute atomic E-state index is 2.00. The van der Waals surface area contributed by atoms with Crippen LogP contribution in [0.2, 0.25) is 0 Å². The van der Waals surface area contributed by atoms with Gasteiger partial charge >= 0.3 is 26.9 Å². The summed E-state index contributed by atoms with van der Waals surface area (Å²) in [7, 11) is 0. The van der Waals surface area contributed by atoms with Gasteiger partial charge in [-0.25, -0.2) is 0 Å². The molecule has 0 spiro atoms. The third kappa shape index (κ3) is 169. The summed E-state index contributed by atoms with van der Waals surface area (Å²) >= 11 is 14.4. The van der Waals surface area contributed by atoms with E-state index in [4.69, 9.17) is 58.7 Å². The van der Waals surface area contributed by atoms with Gasteiger partial charge in [0.2, 0.25) is 0 Å². The Morgan fingerprint density at radius 2 is 0.281 bits per heavy atom. The second-order valence-electron chi connectivity index (χ2n) is 4.36. The molecule has 188 valence electrons. The minimum atomic E-state index is -3.81. The molecule has 12 nitrogen and oxygen atoms in total. The van der Waals surface area contributed by atoms with Crippen LogP contribution in [0, 0.1) is 0 Å². The van der Waals surface area contributed by atoms with E-state index in [0.29, 0.717) is 0 Å². The molecular formula is C12H24O12P4S4. The van der Waals surface area contributed by atoms with Crippen molar-refractivity contribution in [2.24, 2.45) is 0 Å². The van der Waals surface area contributed by atoms with Gasteiger partial charge in [0.1, 0.15) is 0 Å². The van der Waals surface area contributed by atoms with Gasteiger partial charge in [-0.1, -0.05) is 72.8 Å². The number of hydrogen-bond acceptors (Lipinski definition) is 4. The third-order valence-electron chi connectivity index (χ3n) is 1.33. The summed E-state index contributed by atoms with van der Waals surface area (Å²) < 4.78 is 0. The van der Waals surface area contributed by atoms with Crippen LogP contribution >= 0.6 is 26.9 Å². The molecule has 0 heterocycles. The molecule has 0 amide bonds. The van der Waals surface area contributed by atoms with Gasteiger partial charge < -0.3 is 58.7 Å². The van der Waals surface area contributed by atoms with Gasteiger partial charge in [-0.15, -0.1) is 0 Å². The van der Waals surface area contributed by atoms with Gasteiger partial charge in [0, 0.05) is 0 Å². The minimum Gasteiger partial charge on any atom is -0.325 e. The van der Waals surface area contributed by atoms with Gasteiger partial charge in [0.15, 0.2) is 0 Å². The molecule has 2 aromatic carbocycles. The molecule has 12 N–H and O–H groups in total. The first-order valence-corrected chi connectivity index (χ1v) is 17.8. The molecule has 2 aromatic rings. The first kappa shape index (κ1) is 39.8. The van der Waals surface area contributed by atoms with E-state index >= 15 is 0 Å². The van der Waals surface area contributed by atoms with Crippen molar-refractivity contribution in [3.05, 3.63) is 72.8 Å². The van der Waals surface area contributed by atoms with Crippen LogP contribution in [0.1, 0.15) is 0 Å². The number of rotatable bonds is 0. The predicted molar refractivity (Wildman–Crippen MR) is 137 cm³/mol. The lowest BCUT2D eigenvalue weighted by Gasteiger charge is -1.88. The predicted octanol–water partition coefficient (Wildman–Crippen LogP) is 0.124. The molecule has 0 aliphatic heterocycles. The van der Waals surface area contributed by atoms with E-state index in [0.717, 1.165) is 0 Å². The average Bonchev–Trinajstić information content (AvgIpc) is 2.52. The molecule has 2 rings (SSSR count). The Morgan fingerprint density at radius 3 is 0.312 bits per heavy atom. The first-order valence-electron chi connectivity index (χ1n) is 7.13. The van der Waals surface area contributed by atoms with Gasteiger partial charge in [-0.3, -0.25) is 0 Å². The zero-order valence-corrected chi connectivity index (χ0v) is 22.6. The van der Waals surface area contributed by atoms with Crippen molar-refractivity contribution in [3.63, 3.8) is 0 Å². The van der Waals surface area contributed by atoms with Crippen LogP contribution in [-0.2, 0) is 47.2 Å². The van der Waals surface area contributed by atoms with Gasteiger partial charge in [0.05, 0.1) is 0 Å². The van der Waals surface area contributed by atoms with E-state index in [1.54, 1.807) is 0 Å². The Morgan fingerprint density at radius 1 is 0.250 bits per heavy atom. The second kappa shape index (κ2) is 22.1. The monoisotopic (exact) mass is 612 g/mol. The molecule has 0 aliphatic carbocycles. The third-order valence-corrected chi connectivity index (χ3v) is 1.33. The highest BCUT2D eigenvalue weighted by Crippen LogP contribution is 2.27. The van der Waals surface area contributed by atoms with E-state index in [-0.39, 0.29) is 0 Å². The summed E-state index contributed by atoms with van der Waals surface area (Å²) in [6.45, 7) is -15.2. The lowest BCUT2D eigenvalue weighted by molar-refractivity contribution is 0.361. The first-order chi connectivity index (χ1) is 14.0. The molecule has 0 fully saturated rings. The molecule has 0 aliphatic rings. The molecule has 0 radical (unpaired) electrons. The Balaban J connectivity index is -0.000000148. The quantitative estimate of drug-likeness (QED) is 0.177. The highest BCUT2D eigenvalue weighted by atomic mass is 32.5. The summed E-state index contributed by atoms with van der Waals surface area (Å²) in [6, 6.07) is 24.0. The van der Waals surface area contributed by atoms with Crippen LogP contribution in [0.3, 0.4) is 0 Å². The van der Waals surface area contributed by atoms with Crippen molar-refractivity contribution in [2.75, 3.05) is 0 Å². The maximum atomic E-state index is 7.56. The van der Waals surface area contributed by atoms with Crippen molar-refractivity contribution in [2.45, 2.75) is 0 Å². The van der Waals surface area contributed by atoms with Crippen LogP contribution in [0.5, 0.6) is 0 Å². The van der Waals surface area contributed by atoms with Gasteiger partial charge in [0.25, 0.3) is 0 Å². The van der Waals surface area contributed by atoms with E-state index < -0.39 is 26.9 Å². The van der Waals surface area contributed by atoms with Crippen LogP contribution in [-0.4, -0.2) is 58.7 Å². The molecular weight excluding hydrogens is 588 g/mol. The SMILES string of the molecule is OP(O)(O)=S.OP(O)(O)=S.OP(O)(O)=S.OP(O)(O)=S.c1ccccc1.c1ccccc1. The number of benzene rings is 2. The van der Waals surface area contributed by atoms with Gasteiger partial charge in [-0.2, -0.15) is 0 Å². The van der Waals surface area contributed by atoms with E-state index in [2.05, 4.69) is 47.2 Å². The Labute approximate surface area is 205 Å². The second-order valence-corrected chi connectivity index (χ2v) is 14.3. The fourth-order valence-corrected chi connectivity index (χ4v) is 0.770. The molecule has 0 saturated heterocycles. The maximum absolute atomic E-state index is 7.56. The molecule has 0 aromatic heterocycles. The zero-order chi connectivity index (χ0) is 26.5. The van der Waals surface area contributed by atoms with Crippen molar-refractivity contribution in [3.8, 4) is 0 Å². The van der Waals surface area contributed by atoms with Crippen LogP contribution in [0.15, 0.2) is 72.8 Å². The molecule has 0 saturated carbocycles. The molecule has 0 unspecified atom stereocenters. The molecule has 0 bridgehead atoms. The van der Waals surface area contributed by atoms with E-state index in [1.165, 1.54) is 0 Å². The van der Waals surface area contributed by atoms with Crippen molar-refractivity contribution < 1.29 is 58.7 Å². The highest BCUT2D eigenvalue weighted by molar-refractivity contribution is 8.07. The topological polar surface area (TPSA) is 243 Å². The summed E-state index contributed by atoms with van der Waals surface area (Å²) in [4.78, 5) is 90.7. The summed E-state index contributed by atoms with van der Waals surface area (Å²) in [5, 5.41) is 0. The lowest BCUT2D eigenvalue weighted by Crippen LogP contribution is -1.65. The van der Waals surface area contributed by atoms with Crippen molar-refractivity contribution >= 4 is 74.1 Å². The summed E-state index contributed by atoms with van der Waals surface area (Å²) in [5.74, 6) is 0. The molecule has 20 heteroatoms. The summed E-state index contributed by atoms with van der Waals surface area (Å²) in [6.07, 6.45) is 0. The molecule has 0 atom stereocenters. The van der Waals surface area contributed by atoms with E-state index in [1.807, 2.05) is 72.8 Å².